The normalized spacial score (nSPS) is 21.2. The van der Waals surface area contributed by atoms with Crippen molar-refractivity contribution in [1.29, 1.82) is 0 Å². The summed E-state index contributed by atoms with van der Waals surface area (Å²) in [5, 5.41) is 3.25. The van der Waals surface area contributed by atoms with Crippen LogP contribution in [-0.2, 0) is 22.1 Å². The van der Waals surface area contributed by atoms with Gasteiger partial charge in [0.05, 0.1) is 11.7 Å². The molecule has 1 aliphatic heterocycles. The van der Waals surface area contributed by atoms with Gasteiger partial charge in [-0.15, -0.1) is 0 Å². The number of ether oxygens (including phenoxy) is 1. The first-order chi connectivity index (χ1) is 17.7. The Balaban J connectivity index is 1.16. The van der Waals surface area contributed by atoms with Crippen LogP contribution in [0, 0.1) is 6.92 Å². The highest BCUT2D eigenvalue weighted by Gasteiger charge is 2.33. The predicted octanol–water partition coefficient (Wildman–Crippen LogP) is 7.11. The Bertz CT molecular complexity index is 1020. The largest absolute Gasteiger partial charge is 0.416 e. The highest BCUT2D eigenvalue weighted by molar-refractivity contribution is 5.77. The van der Waals surface area contributed by atoms with Gasteiger partial charge in [0.1, 0.15) is 6.61 Å². The van der Waals surface area contributed by atoms with E-state index in [-0.39, 0.29) is 30.2 Å². The second-order valence-corrected chi connectivity index (χ2v) is 10.6. The molecule has 1 saturated heterocycles. The van der Waals surface area contributed by atoms with Crippen LogP contribution in [-0.4, -0.2) is 42.6 Å². The third-order valence-electron chi connectivity index (χ3n) is 7.87. The highest BCUT2D eigenvalue weighted by Crippen LogP contribution is 2.34. The van der Waals surface area contributed by atoms with E-state index in [1.54, 1.807) is 6.07 Å². The number of nitrogens with one attached hydrogen (secondary N) is 1. The van der Waals surface area contributed by atoms with Crippen molar-refractivity contribution in [1.82, 2.24) is 4.90 Å². The molecule has 2 fully saturated rings. The molecule has 202 valence electrons. The molecular formula is C30H39F3N2O2. The van der Waals surface area contributed by atoms with Gasteiger partial charge in [0.2, 0.25) is 5.91 Å². The van der Waals surface area contributed by atoms with Crippen LogP contribution in [0.4, 0.5) is 18.9 Å². The van der Waals surface area contributed by atoms with Crippen molar-refractivity contribution in [2.24, 2.45) is 0 Å². The molecule has 1 aliphatic carbocycles. The van der Waals surface area contributed by atoms with Gasteiger partial charge in [0.15, 0.2) is 0 Å². The van der Waals surface area contributed by atoms with Crippen molar-refractivity contribution in [2.45, 2.75) is 89.5 Å². The van der Waals surface area contributed by atoms with Crippen molar-refractivity contribution < 1.29 is 22.7 Å². The van der Waals surface area contributed by atoms with Gasteiger partial charge in [-0.25, -0.2) is 0 Å². The summed E-state index contributed by atoms with van der Waals surface area (Å²) in [5.74, 6) is 0.556. The van der Waals surface area contributed by atoms with Gasteiger partial charge in [0.25, 0.3) is 0 Å². The van der Waals surface area contributed by atoms with E-state index in [0.29, 0.717) is 11.6 Å². The predicted molar refractivity (Wildman–Crippen MR) is 141 cm³/mol. The number of rotatable bonds is 8. The topological polar surface area (TPSA) is 41.6 Å². The fraction of sp³-hybridized carbons (Fsp3) is 0.567. The molecule has 0 aromatic heterocycles. The number of benzene rings is 2. The first kappa shape index (κ1) is 27.5. The van der Waals surface area contributed by atoms with Crippen molar-refractivity contribution >= 4 is 11.6 Å². The third-order valence-corrected chi connectivity index (χ3v) is 7.87. The van der Waals surface area contributed by atoms with Crippen LogP contribution >= 0.6 is 0 Å². The van der Waals surface area contributed by atoms with Gasteiger partial charge in [0, 0.05) is 24.8 Å². The first-order valence-corrected chi connectivity index (χ1v) is 13.7. The average molecular weight is 517 g/mol. The Morgan fingerprint density at radius 3 is 2.30 bits per heavy atom. The van der Waals surface area contributed by atoms with Crippen LogP contribution in [0.15, 0.2) is 42.5 Å². The zero-order valence-electron chi connectivity index (χ0n) is 21.9. The number of aryl methyl sites for hydroxylation is 2. The lowest BCUT2D eigenvalue weighted by Gasteiger charge is -2.33. The molecule has 0 bridgehead atoms. The molecule has 2 aromatic carbocycles. The number of anilines is 1. The van der Waals surface area contributed by atoms with Crippen molar-refractivity contribution in [3.05, 3.63) is 64.7 Å². The third kappa shape index (κ3) is 7.50. The van der Waals surface area contributed by atoms with Gasteiger partial charge < -0.3 is 15.0 Å². The van der Waals surface area contributed by atoms with Crippen LogP contribution in [0.1, 0.15) is 80.0 Å². The van der Waals surface area contributed by atoms with Gasteiger partial charge in [-0.1, -0.05) is 43.7 Å². The Kier molecular flexibility index (Phi) is 9.17. The lowest BCUT2D eigenvalue weighted by Crippen LogP contribution is -2.41. The lowest BCUT2D eigenvalue weighted by molar-refractivity contribution is -0.140. The maximum absolute atomic E-state index is 13.2. The van der Waals surface area contributed by atoms with E-state index < -0.39 is 11.7 Å². The van der Waals surface area contributed by atoms with Gasteiger partial charge in [-0.3, -0.25) is 4.79 Å². The number of hydrogen-bond acceptors (Lipinski definition) is 3. The quantitative estimate of drug-likeness (QED) is 0.406. The van der Waals surface area contributed by atoms with Crippen molar-refractivity contribution in [2.75, 3.05) is 25.0 Å². The molecule has 2 aromatic rings. The number of carbonyl (C=O) groups is 1. The lowest BCUT2D eigenvalue weighted by atomic mass is 9.88. The van der Waals surface area contributed by atoms with E-state index in [9.17, 15) is 18.0 Å². The van der Waals surface area contributed by atoms with Crippen LogP contribution < -0.4 is 5.32 Å². The van der Waals surface area contributed by atoms with Gasteiger partial charge in [-0.05, 0) is 86.6 Å². The standard InChI is InChI=1S/C30H39F3N2O2/c1-3-4-22-6-8-23(9-7-22)24-15-17-35(18-16-24)29(36)20-37-27-13-11-25(12-14-27)34-26-10-5-21(2)28(19-26)30(31,32)33/h5-10,19,24-25,27,34H,3-4,11-18,20H2,1-2H3. The van der Waals surface area contributed by atoms with E-state index in [0.717, 1.165) is 64.5 Å². The summed E-state index contributed by atoms with van der Waals surface area (Å²) in [6.07, 6.45) is 3.07. The molecule has 0 atom stereocenters. The van der Waals surface area contributed by atoms with Crippen LogP contribution in [0.5, 0.6) is 0 Å². The maximum Gasteiger partial charge on any atom is 0.416 e. The second kappa shape index (κ2) is 12.3. The summed E-state index contributed by atoms with van der Waals surface area (Å²) in [6, 6.07) is 13.5. The summed E-state index contributed by atoms with van der Waals surface area (Å²) >= 11 is 0. The zero-order chi connectivity index (χ0) is 26.4. The molecule has 2 aliphatic rings. The summed E-state index contributed by atoms with van der Waals surface area (Å²) < 4.78 is 45.6. The second-order valence-electron chi connectivity index (χ2n) is 10.6. The number of alkyl halides is 3. The molecule has 0 radical (unpaired) electrons. The maximum atomic E-state index is 13.2. The van der Waals surface area contributed by atoms with E-state index in [1.165, 1.54) is 30.2 Å². The number of likely N-dealkylation sites (tertiary alicyclic amines) is 1. The molecule has 4 rings (SSSR count). The van der Waals surface area contributed by atoms with E-state index in [2.05, 4.69) is 36.5 Å². The Labute approximate surface area is 218 Å². The molecular weight excluding hydrogens is 477 g/mol. The number of halogens is 3. The van der Waals surface area contributed by atoms with E-state index >= 15 is 0 Å². The molecule has 1 amide bonds. The van der Waals surface area contributed by atoms with Crippen LogP contribution in [0.2, 0.25) is 0 Å². The molecule has 1 saturated carbocycles. The first-order valence-electron chi connectivity index (χ1n) is 13.7. The smallest absolute Gasteiger partial charge is 0.382 e. The molecule has 0 unspecified atom stereocenters. The summed E-state index contributed by atoms with van der Waals surface area (Å²) in [6.45, 7) is 5.29. The SMILES string of the molecule is CCCc1ccc(C2CCN(C(=O)COC3CCC(Nc4ccc(C)c(C(F)(F)F)c4)CC3)CC2)cc1. The fourth-order valence-corrected chi connectivity index (χ4v) is 5.61. The summed E-state index contributed by atoms with van der Waals surface area (Å²) in [5.41, 5.74) is 2.88. The fourth-order valence-electron chi connectivity index (χ4n) is 5.61. The molecule has 7 heteroatoms. The van der Waals surface area contributed by atoms with E-state index in [1.807, 2.05) is 4.90 Å². The molecule has 1 N–H and O–H groups in total. The minimum Gasteiger partial charge on any atom is -0.382 e. The monoisotopic (exact) mass is 516 g/mol. The van der Waals surface area contributed by atoms with Gasteiger partial charge in [-0.2, -0.15) is 13.2 Å². The summed E-state index contributed by atoms with van der Waals surface area (Å²) in [7, 11) is 0. The molecule has 0 spiro atoms. The summed E-state index contributed by atoms with van der Waals surface area (Å²) in [4.78, 5) is 14.7. The van der Waals surface area contributed by atoms with E-state index in [4.69, 9.17) is 4.74 Å². The number of amides is 1. The Hall–Kier alpha value is -2.54. The van der Waals surface area contributed by atoms with Crippen LogP contribution in [0.3, 0.4) is 0 Å². The van der Waals surface area contributed by atoms with Crippen LogP contribution in [0.25, 0.3) is 0 Å². The minimum atomic E-state index is -4.35. The zero-order valence-corrected chi connectivity index (χ0v) is 21.9. The molecule has 1 heterocycles. The Morgan fingerprint density at radius 1 is 1.00 bits per heavy atom. The minimum absolute atomic E-state index is 0.0185. The van der Waals surface area contributed by atoms with Crippen molar-refractivity contribution in [3.8, 4) is 0 Å². The number of hydrogen-bond donors (Lipinski definition) is 1. The number of piperidine rings is 1. The highest BCUT2D eigenvalue weighted by atomic mass is 19.4. The average Bonchev–Trinajstić information content (AvgIpc) is 2.89. The Morgan fingerprint density at radius 2 is 1.68 bits per heavy atom. The molecule has 37 heavy (non-hydrogen) atoms. The molecule has 4 nitrogen and oxygen atoms in total. The number of carbonyl (C=O) groups excluding carboxylic acids is 1. The van der Waals surface area contributed by atoms with Gasteiger partial charge >= 0.3 is 6.18 Å². The van der Waals surface area contributed by atoms with Crippen molar-refractivity contribution in [3.63, 3.8) is 0 Å². The number of nitrogens with zero attached hydrogens (tertiary/aromatic N) is 1.